The fourth-order valence-electron chi connectivity index (χ4n) is 5.02. The number of aryl methyl sites for hydroxylation is 1. The summed E-state index contributed by atoms with van der Waals surface area (Å²) in [4.78, 5) is 29.0. The van der Waals surface area contributed by atoms with Gasteiger partial charge in [0.1, 0.15) is 22.8 Å². The average molecular weight is 576 g/mol. The Morgan fingerprint density at radius 3 is 2.36 bits per heavy atom. The molecule has 3 aromatic rings. The van der Waals surface area contributed by atoms with Gasteiger partial charge in [-0.05, 0) is 49.8 Å². The van der Waals surface area contributed by atoms with E-state index in [1.807, 2.05) is 41.0 Å². The highest BCUT2D eigenvalue weighted by molar-refractivity contribution is 6.04. The van der Waals surface area contributed by atoms with Gasteiger partial charge in [0, 0.05) is 31.5 Å². The molecule has 0 bridgehead atoms. The Morgan fingerprint density at radius 2 is 1.71 bits per heavy atom. The number of carboxylic acid groups (broad SMARTS) is 1. The Morgan fingerprint density at radius 1 is 1.00 bits per heavy atom. The molecule has 0 fully saturated rings. The lowest BCUT2D eigenvalue weighted by molar-refractivity contribution is -0.137. The minimum atomic E-state index is -1.30. The number of hydrogen-bond acceptors (Lipinski definition) is 8. The predicted octanol–water partition coefficient (Wildman–Crippen LogP) is 3.82. The fourth-order valence-corrected chi connectivity index (χ4v) is 5.02. The maximum Gasteiger partial charge on any atom is 0.303 e. The second-order valence-electron chi connectivity index (χ2n) is 11.0. The van der Waals surface area contributed by atoms with Gasteiger partial charge in [0.2, 0.25) is 0 Å². The maximum atomic E-state index is 13.5. The van der Waals surface area contributed by atoms with E-state index in [1.54, 1.807) is 13.8 Å². The van der Waals surface area contributed by atoms with E-state index >= 15 is 0 Å². The zero-order valence-electron chi connectivity index (χ0n) is 24.5. The normalized spacial score (nSPS) is 12.9. The van der Waals surface area contributed by atoms with Gasteiger partial charge < -0.3 is 20.1 Å². The number of hydrazine groups is 2. The number of nitrogens with one attached hydrogen (secondary N) is 4. The highest BCUT2D eigenvalue weighted by Crippen LogP contribution is 2.28. The van der Waals surface area contributed by atoms with Crippen LogP contribution in [0.3, 0.4) is 0 Å². The first-order valence-corrected chi connectivity index (χ1v) is 14.5. The third-order valence-electron chi connectivity index (χ3n) is 7.11. The summed E-state index contributed by atoms with van der Waals surface area (Å²) in [5.74, 6) is 0.398. The molecule has 0 radical (unpaired) electrons. The van der Waals surface area contributed by atoms with Crippen LogP contribution >= 0.6 is 0 Å². The number of aliphatic hydroxyl groups is 1. The minimum absolute atomic E-state index is 0.162. The van der Waals surface area contributed by atoms with Crippen molar-refractivity contribution < 1.29 is 19.8 Å². The lowest BCUT2D eigenvalue weighted by atomic mass is 9.98. The van der Waals surface area contributed by atoms with E-state index in [9.17, 15) is 14.7 Å². The number of hydrogen-bond donors (Lipinski definition) is 6. The molecule has 0 saturated heterocycles. The van der Waals surface area contributed by atoms with Crippen molar-refractivity contribution >= 4 is 17.7 Å². The summed E-state index contributed by atoms with van der Waals surface area (Å²) in [6.07, 6.45) is 4.68. The summed E-state index contributed by atoms with van der Waals surface area (Å²) in [5.41, 5.74) is 11.9. The monoisotopic (exact) mass is 575 g/mol. The van der Waals surface area contributed by atoms with Crippen LogP contribution < -0.4 is 21.8 Å². The molecule has 2 heterocycles. The van der Waals surface area contributed by atoms with Crippen molar-refractivity contribution in [2.75, 3.05) is 6.54 Å². The van der Waals surface area contributed by atoms with Gasteiger partial charge in [0.15, 0.2) is 5.84 Å². The summed E-state index contributed by atoms with van der Waals surface area (Å²) >= 11 is 0. The molecule has 6 N–H and O–H groups in total. The molecule has 1 amide bonds. The molecule has 0 unspecified atom stereocenters. The Hall–Kier alpha value is -4.22. The zero-order chi connectivity index (χ0) is 30.1. The average Bonchev–Trinajstić information content (AvgIpc) is 3.62. The first kappa shape index (κ1) is 30.7. The first-order valence-electron chi connectivity index (χ1n) is 14.5. The second-order valence-corrected chi connectivity index (χ2v) is 11.0. The number of hydrazone groups is 1. The molecule has 42 heavy (non-hydrogen) atoms. The molecule has 4 rings (SSSR count). The number of imidazole rings is 1. The molecule has 11 nitrogen and oxygen atoms in total. The van der Waals surface area contributed by atoms with Gasteiger partial charge in [-0.1, -0.05) is 68.3 Å². The van der Waals surface area contributed by atoms with Crippen LogP contribution in [0.25, 0.3) is 11.1 Å². The molecular formula is C31H41N7O4. The quantitative estimate of drug-likeness (QED) is 0.150. The Labute approximate surface area is 246 Å². The topological polar surface area (TPSA) is 153 Å². The lowest BCUT2D eigenvalue weighted by Gasteiger charge is -2.18. The summed E-state index contributed by atoms with van der Waals surface area (Å²) in [6.45, 7) is 6.25. The molecule has 0 atom stereocenters. The molecule has 0 aliphatic carbocycles. The standard InChI is InChI=1S/C31H41N7O4/c1-4-11-25-33-28(31(2,3)42)27(30(41)32-19-10-6-5-7-14-26(39)40)38(25)20-21-15-17-22(18-16-21)23-12-8-9-13-24(23)29-34-36-37-35-29/h8-9,12-13,15-18,36-37,42H,4-7,10-11,14,19-20H2,1-3H3,(H,32,41)(H,34,35)(H,39,40). The van der Waals surface area contributed by atoms with Gasteiger partial charge in [0.05, 0.1) is 0 Å². The number of amidine groups is 1. The van der Waals surface area contributed by atoms with Crippen molar-refractivity contribution in [2.45, 2.75) is 77.9 Å². The smallest absolute Gasteiger partial charge is 0.303 e. The molecule has 224 valence electrons. The summed E-state index contributed by atoms with van der Waals surface area (Å²) in [6, 6.07) is 16.2. The van der Waals surface area contributed by atoms with Crippen LogP contribution in [0, 0.1) is 0 Å². The van der Waals surface area contributed by atoms with E-state index in [0.29, 0.717) is 43.2 Å². The number of unbranched alkanes of at least 4 members (excludes halogenated alkanes) is 3. The Kier molecular flexibility index (Phi) is 10.3. The van der Waals surface area contributed by atoms with Gasteiger partial charge in [-0.15, -0.1) is 10.6 Å². The van der Waals surface area contributed by atoms with E-state index in [1.165, 1.54) is 0 Å². The van der Waals surface area contributed by atoms with Crippen molar-refractivity contribution in [3.05, 3.63) is 76.9 Å². The summed E-state index contributed by atoms with van der Waals surface area (Å²) < 4.78 is 1.93. The van der Waals surface area contributed by atoms with Crippen LogP contribution in [0.1, 0.15) is 92.4 Å². The van der Waals surface area contributed by atoms with Crippen LogP contribution in [0.15, 0.2) is 53.6 Å². The second kappa shape index (κ2) is 14.1. The Balaban J connectivity index is 1.55. The predicted molar refractivity (Wildman–Crippen MR) is 161 cm³/mol. The number of benzene rings is 2. The van der Waals surface area contributed by atoms with Gasteiger partial charge in [-0.3, -0.25) is 15.0 Å². The number of rotatable bonds is 15. The first-order chi connectivity index (χ1) is 20.2. The van der Waals surface area contributed by atoms with E-state index in [2.05, 4.69) is 46.0 Å². The van der Waals surface area contributed by atoms with Crippen molar-refractivity contribution in [3.8, 4) is 11.1 Å². The molecular weight excluding hydrogens is 534 g/mol. The fraction of sp³-hybridized carbons (Fsp3) is 0.419. The van der Waals surface area contributed by atoms with Crippen molar-refractivity contribution in [2.24, 2.45) is 5.10 Å². The van der Waals surface area contributed by atoms with E-state index in [4.69, 9.17) is 10.1 Å². The highest BCUT2D eigenvalue weighted by atomic mass is 16.4. The third kappa shape index (κ3) is 7.74. The SMILES string of the molecule is CCCc1nc(C(C)(C)O)c(C(=O)NCCCCCCC(=O)O)n1Cc1ccc(-c2ccccc2C2=NNNN2)cc1. The number of carbonyl (C=O) groups excluding carboxylic acids is 1. The Bertz CT molecular complexity index is 1410. The molecule has 0 saturated carbocycles. The van der Waals surface area contributed by atoms with Crippen molar-refractivity contribution in [1.82, 2.24) is 31.4 Å². The summed E-state index contributed by atoms with van der Waals surface area (Å²) in [7, 11) is 0. The van der Waals surface area contributed by atoms with E-state index < -0.39 is 11.6 Å². The van der Waals surface area contributed by atoms with Crippen LogP contribution in [0.4, 0.5) is 0 Å². The number of carboxylic acids is 1. The van der Waals surface area contributed by atoms with Crippen LogP contribution in [0.2, 0.25) is 0 Å². The number of amides is 1. The third-order valence-corrected chi connectivity index (χ3v) is 7.11. The number of nitrogens with zero attached hydrogens (tertiary/aromatic N) is 3. The number of aromatic nitrogens is 2. The van der Waals surface area contributed by atoms with Gasteiger partial charge in [-0.2, -0.15) is 0 Å². The minimum Gasteiger partial charge on any atom is -0.481 e. The maximum absolute atomic E-state index is 13.5. The number of aliphatic carboxylic acids is 1. The largest absolute Gasteiger partial charge is 0.481 e. The molecule has 11 heteroatoms. The lowest BCUT2D eigenvalue weighted by Crippen LogP contribution is -2.35. The molecule has 1 aliphatic rings. The number of carbonyl (C=O) groups is 2. The van der Waals surface area contributed by atoms with E-state index in [-0.39, 0.29) is 12.3 Å². The van der Waals surface area contributed by atoms with Gasteiger partial charge >= 0.3 is 5.97 Å². The van der Waals surface area contributed by atoms with Crippen molar-refractivity contribution in [1.29, 1.82) is 0 Å². The molecule has 0 spiro atoms. The molecule has 1 aliphatic heterocycles. The van der Waals surface area contributed by atoms with Crippen molar-refractivity contribution in [3.63, 3.8) is 0 Å². The van der Waals surface area contributed by atoms with Crippen LogP contribution in [-0.4, -0.2) is 44.0 Å². The molecule has 2 aromatic carbocycles. The van der Waals surface area contributed by atoms with Crippen LogP contribution in [0.5, 0.6) is 0 Å². The van der Waals surface area contributed by atoms with E-state index in [0.717, 1.165) is 53.8 Å². The molecule has 1 aromatic heterocycles. The highest BCUT2D eigenvalue weighted by Gasteiger charge is 2.31. The zero-order valence-corrected chi connectivity index (χ0v) is 24.5. The summed E-state index contributed by atoms with van der Waals surface area (Å²) in [5, 5.41) is 27.0. The van der Waals surface area contributed by atoms with Gasteiger partial charge in [-0.25, -0.2) is 10.5 Å². The van der Waals surface area contributed by atoms with Crippen LogP contribution in [-0.2, 0) is 23.4 Å². The van der Waals surface area contributed by atoms with Gasteiger partial charge in [0.25, 0.3) is 5.91 Å².